The maximum Gasteiger partial charge on any atom is 0.229 e. The molecule has 1 N–H and O–H groups in total. The first kappa shape index (κ1) is 19.4. The number of hydrogen-bond donors (Lipinski definition) is 1. The summed E-state index contributed by atoms with van der Waals surface area (Å²) in [6, 6.07) is 7.65. The number of rotatable bonds is 8. The van der Waals surface area contributed by atoms with Crippen molar-refractivity contribution in [3.63, 3.8) is 0 Å². The van der Waals surface area contributed by atoms with E-state index in [1.54, 1.807) is 6.20 Å². The molecule has 1 aromatic heterocycles. The first-order valence-electron chi connectivity index (χ1n) is 9.47. The lowest BCUT2D eigenvalue weighted by Gasteiger charge is -2.26. The molecule has 27 heavy (non-hydrogen) atoms. The number of para-hydroxylation sites is 1. The molecule has 2 heterocycles. The van der Waals surface area contributed by atoms with E-state index in [4.69, 9.17) is 9.47 Å². The molecule has 0 bridgehead atoms. The van der Waals surface area contributed by atoms with Gasteiger partial charge in [-0.05, 0) is 19.9 Å². The van der Waals surface area contributed by atoms with Crippen molar-refractivity contribution in [3.8, 4) is 5.75 Å². The predicted molar refractivity (Wildman–Crippen MR) is 104 cm³/mol. The van der Waals surface area contributed by atoms with Gasteiger partial charge in [-0.3, -0.25) is 14.4 Å². The zero-order valence-corrected chi connectivity index (χ0v) is 16.1. The third kappa shape index (κ3) is 6.08. The SMILES string of the molecule is CC(C)Oc1ccccc1CC(=O)Nc1cnn(CCN2CCOCC2)c1. The van der Waals surface area contributed by atoms with Gasteiger partial charge in [-0.15, -0.1) is 0 Å². The van der Waals surface area contributed by atoms with Gasteiger partial charge in [0.05, 0.1) is 44.2 Å². The Kier molecular flexibility index (Phi) is 6.84. The molecule has 0 saturated carbocycles. The highest BCUT2D eigenvalue weighted by atomic mass is 16.5. The van der Waals surface area contributed by atoms with E-state index in [-0.39, 0.29) is 18.4 Å². The van der Waals surface area contributed by atoms with E-state index in [1.165, 1.54) is 0 Å². The fourth-order valence-electron chi connectivity index (χ4n) is 3.02. The average Bonchev–Trinajstić information content (AvgIpc) is 3.09. The Morgan fingerprint density at radius 3 is 2.81 bits per heavy atom. The van der Waals surface area contributed by atoms with E-state index in [0.717, 1.165) is 50.7 Å². The number of amides is 1. The lowest BCUT2D eigenvalue weighted by atomic mass is 10.1. The highest BCUT2D eigenvalue weighted by molar-refractivity contribution is 5.92. The van der Waals surface area contributed by atoms with Crippen molar-refractivity contribution in [2.75, 3.05) is 38.2 Å². The van der Waals surface area contributed by atoms with E-state index in [0.29, 0.717) is 5.69 Å². The summed E-state index contributed by atoms with van der Waals surface area (Å²) in [5.74, 6) is 0.673. The minimum absolute atomic E-state index is 0.0684. The molecule has 1 aliphatic heterocycles. The van der Waals surface area contributed by atoms with Crippen LogP contribution in [0, 0.1) is 0 Å². The fraction of sp³-hybridized carbons (Fsp3) is 0.500. The van der Waals surface area contributed by atoms with Gasteiger partial charge in [0, 0.05) is 31.4 Å². The molecule has 3 rings (SSSR count). The maximum absolute atomic E-state index is 12.4. The van der Waals surface area contributed by atoms with Crippen LogP contribution in [0.1, 0.15) is 19.4 Å². The van der Waals surface area contributed by atoms with Crippen molar-refractivity contribution in [2.45, 2.75) is 32.9 Å². The zero-order valence-electron chi connectivity index (χ0n) is 16.1. The van der Waals surface area contributed by atoms with Crippen molar-refractivity contribution in [2.24, 2.45) is 0 Å². The van der Waals surface area contributed by atoms with Gasteiger partial charge in [-0.2, -0.15) is 5.10 Å². The average molecular weight is 372 g/mol. The molecule has 146 valence electrons. The second-order valence-corrected chi connectivity index (χ2v) is 6.95. The van der Waals surface area contributed by atoms with Gasteiger partial charge >= 0.3 is 0 Å². The van der Waals surface area contributed by atoms with Crippen molar-refractivity contribution < 1.29 is 14.3 Å². The third-order valence-electron chi connectivity index (χ3n) is 4.35. The van der Waals surface area contributed by atoms with Gasteiger partial charge < -0.3 is 14.8 Å². The summed E-state index contributed by atoms with van der Waals surface area (Å²) in [4.78, 5) is 14.8. The number of carbonyl (C=O) groups excluding carboxylic acids is 1. The van der Waals surface area contributed by atoms with Crippen LogP contribution in [0.15, 0.2) is 36.7 Å². The summed E-state index contributed by atoms with van der Waals surface area (Å²) >= 11 is 0. The van der Waals surface area contributed by atoms with Crippen LogP contribution in [0.5, 0.6) is 5.75 Å². The van der Waals surface area contributed by atoms with Crippen molar-refractivity contribution >= 4 is 11.6 Å². The molecule has 1 fully saturated rings. The number of nitrogens with one attached hydrogen (secondary N) is 1. The van der Waals surface area contributed by atoms with Crippen LogP contribution in [-0.2, 0) is 22.5 Å². The number of ether oxygens (including phenoxy) is 2. The molecule has 7 nitrogen and oxygen atoms in total. The number of anilines is 1. The lowest BCUT2D eigenvalue weighted by molar-refractivity contribution is -0.115. The van der Waals surface area contributed by atoms with Gasteiger partial charge in [0.25, 0.3) is 0 Å². The molecule has 0 atom stereocenters. The quantitative estimate of drug-likeness (QED) is 0.769. The van der Waals surface area contributed by atoms with E-state index < -0.39 is 0 Å². The summed E-state index contributed by atoms with van der Waals surface area (Å²) in [6.07, 6.45) is 3.89. The lowest BCUT2D eigenvalue weighted by Crippen LogP contribution is -2.38. The van der Waals surface area contributed by atoms with Crippen LogP contribution < -0.4 is 10.1 Å². The number of hydrogen-bond acceptors (Lipinski definition) is 5. The third-order valence-corrected chi connectivity index (χ3v) is 4.35. The van der Waals surface area contributed by atoms with E-state index in [2.05, 4.69) is 15.3 Å². The summed E-state index contributed by atoms with van der Waals surface area (Å²) in [5.41, 5.74) is 1.59. The topological polar surface area (TPSA) is 68.6 Å². The Bertz CT molecular complexity index is 738. The molecule has 0 spiro atoms. The van der Waals surface area contributed by atoms with Gasteiger partial charge in [0.1, 0.15) is 5.75 Å². The number of benzene rings is 1. The number of aromatic nitrogens is 2. The number of nitrogens with zero attached hydrogens (tertiary/aromatic N) is 3. The molecule has 7 heteroatoms. The van der Waals surface area contributed by atoms with Crippen LogP contribution in [0.3, 0.4) is 0 Å². The molecular weight excluding hydrogens is 344 g/mol. The number of carbonyl (C=O) groups is 1. The Labute approximate surface area is 160 Å². The summed E-state index contributed by atoms with van der Waals surface area (Å²) in [7, 11) is 0. The molecule has 0 aliphatic carbocycles. The van der Waals surface area contributed by atoms with Crippen molar-refractivity contribution in [3.05, 3.63) is 42.2 Å². The Morgan fingerprint density at radius 2 is 2.04 bits per heavy atom. The van der Waals surface area contributed by atoms with Crippen LogP contribution in [0.25, 0.3) is 0 Å². The Hall–Kier alpha value is -2.38. The van der Waals surface area contributed by atoms with Crippen LogP contribution in [0.4, 0.5) is 5.69 Å². The number of morpholine rings is 1. The molecule has 1 aromatic carbocycles. The minimum atomic E-state index is -0.0810. The largest absolute Gasteiger partial charge is 0.491 e. The van der Waals surface area contributed by atoms with E-state index >= 15 is 0 Å². The summed E-state index contributed by atoms with van der Waals surface area (Å²) < 4.78 is 13.0. The zero-order chi connectivity index (χ0) is 19.1. The van der Waals surface area contributed by atoms with E-state index in [1.807, 2.05) is 49.0 Å². The monoisotopic (exact) mass is 372 g/mol. The van der Waals surface area contributed by atoms with Crippen molar-refractivity contribution in [1.29, 1.82) is 0 Å². The van der Waals surface area contributed by atoms with Gasteiger partial charge in [0.15, 0.2) is 0 Å². The summed E-state index contributed by atoms with van der Waals surface area (Å²) in [6.45, 7) is 9.18. The van der Waals surface area contributed by atoms with Gasteiger partial charge in [0.2, 0.25) is 5.91 Å². The van der Waals surface area contributed by atoms with Crippen LogP contribution >= 0.6 is 0 Å². The maximum atomic E-state index is 12.4. The summed E-state index contributed by atoms with van der Waals surface area (Å²) in [5, 5.41) is 7.25. The standard InChI is InChI=1S/C20H28N4O3/c1-16(2)27-19-6-4-3-5-17(19)13-20(25)22-18-14-21-24(15-18)8-7-23-9-11-26-12-10-23/h3-6,14-16H,7-13H2,1-2H3,(H,22,25). The van der Waals surface area contributed by atoms with E-state index in [9.17, 15) is 4.79 Å². The predicted octanol–water partition coefficient (Wildman–Crippen LogP) is 2.18. The first-order valence-corrected chi connectivity index (χ1v) is 9.47. The smallest absolute Gasteiger partial charge is 0.229 e. The van der Waals surface area contributed by atoms with Crippen molar-refractivity contribution in [1.82, 2.24) is 14.7 Å². The Morgan fingerprint density at radius 1 is 1.26 bits per heavy atom. The normalized spacial score (nSPS) is 15.1. The Balaban J connectivity index is 1.50. The van der Waals surface area contributed by atoms with Crippen LogP contribution in [-0.4, -0.2) is 59.5 Å². The highest BCUT2D eigenvalue weighted by Gasteiger charge is 2.12. The second-order valence-electron chi connectivity index (χ2n) is 6.95. The molecule has 0 unspecified atom stereocenters. The van der Waals surface area contributed by atoms with Gasteiger partial charge in [-0.1, -0.05) is 18.2 Å². The molecule has 1 saturated heterocycles. The first-order chi connectivity index (χ1) is 13.1. The highest BCUT2D eigenvalue weighted by Crippen LogP contribution is 2.20. The second kappa shape index (κ2) is 9.53. The molecular formula is C20H28N4O3. The van der Waals surface area contributed by atoms with Crippen LogP contribution in [0.2, 0.25) is 0 Å². The molecule has 0 radical (unpaired) electrons. The molecule has 1 amide bonds. The molecule has 1 aliphatic rings. The molecule has 2 aromatic rings. The minimum Gasteiger partial charge on any atom is -0.491 e. The fourth-order valence-corrected chi connectivity index (χ4v) is 3.02. The van der Waals surface area contributed by atoms with Gasteiger partial charge in [-0.25, -0.2) is 0 Å².